The number of aryl methyl sites for hydroxylation is 1. The molecule has 2 aromatic rings. The van der Waals surface area contributed by atoms with Gasteiger partial charge in [-0.2, -0.15) is 4.98 Å². The third-order valence-corrected chi connectivity index (χ3v) is 5.16. The van der Waals surface area contributed by atoms with Gasteiger partial charge in [0.2, 0.25) is 17.6 Å². The van der Waals surface area contributed by atoms with Crippen molar-refractivity contribution in [1.29, 1.82) is 0 Å². The Morgan fingerprint density at radius 1 is 1.46 bits per heavy atom. The maximum absolute atomic E-state index is 13.4. The lowest BCUT2D eigenvalue weighted by atomic mass is 9.74. The highest BCUT2D eigenvalue weighted by Gasteiger charge is 2.38. The Balaban J connectivity index is 1.70. The van der Waals surface area contributed by atoms with Gasteiger partial charge in [-0.15, -0.1) is 0 Å². The zero-order valence-electron chi connectivity index (χ0n) is 15.4. The molecule has 1 amide bonds. The van der Waals surface area contributed by atoms with Crippen LogP contribution in [0.3, 0.4) is 0 Å². The number of nitrogens with two attached hydrogens (primary N) is 1. The number of nitrogens with one attached hydrogen (secondary N) is 1. The van der Waals surface area contributed by atoms with Crippen LogP contribution in [0.1, 0.15) is 57.0 Å². The quantitative estimate of drug-likeness (QED) is 0.873. The second kappa shape index (κ2) is 7.15. The van der Waals surface area contributed by atoms with E-state index < -0.39 is 11.6 Å². The zero-order chi connectivity index (χ0) is 18.9. The van der Waals surface area contributed by atoms with E-state index in [2.05, 4.69) is 15.5 Å². The van der Waals surface area contributed by atoms with Gasteiger partial charge in [-0.25, -0.2) is 4.39 Å². The lowest BCUT2D eigenvalue weighted by Gasteiger charge is -2.37. The monoisotopic (exact) mass is 360 g/mol. The molecule has 3 rings (SSSR count). The van der Waals surface area contributed by atoms with Gasteiger partial charge in [-0.1, -0.05) is 18.0 Å². The Bertz CT molecular complexity index is 803. The fraction of sp³-hybridized carbons (Fsp3) is 0.526. The summed E-state index contributed by atoms with van der Waals surface area (Å²) >= 11 is 0. The van der Waals surface area contributed by atoms with Crippen LogP contribution in [-0.2, 0) is 4.79 Å². The van der Waals surface area contributed by atoms with E-state index in [4.69, 9.17) is 10.3 Å². The molecule has 0 saturated heterocycles. The van der Waals surface area contributed by atoms with Gasteiger partial charge >= 0.3 is 0 Å². The lowest BCUT2D eigenvalue weighted by Crippen LogP contribution is -2.53. The summed E-state index contributed by atoms with van der Waals surface area (Å²) < 4.78 is 18.7. The number of carbonyl (C=O) groups excluding carboxylic acids is 1. The van der Waals surface area contributed by atoms with Crippen LogP contribution in [-0.4, -0.2) is 21.6 Å². The summed E-state index contributed by atoms with van der Waals surface area (Å²) in [5.41, 5.74) is 6.98. The van der Waals surface area contributed by atoms with Crippen molar-refractivity contribution >= 4 is 5.91 Å². The molecule has 1 saturated carbocycles. The molecule has 1 heterocycles. The number of hydrogen-bond donors (Lipinski definition) is 2. The van der Waals surface area contributed by atoms with E-state index >= 15 is 0 Å². The molecule has 3 N–H and O–H groups in total. The number of benzene rings is 1. The normalized spacial score (nSPS) is 24.3. The molecule has 1 aliphatic rings. The van der Waals surface area contributed by atoms with Gasteiger partial charge in [0, 0.05) is 11.1 Å². The summed E-state index contributed by atoms with van der Waals surface area (Å²) in [5.74, 6) is 0.0891. The second-order valence-corrected chi connectivity index (χ2v) is 7.45. The minimum absolute atomic E-state index is 0.0837. The van der Waals surface area contributed by atoms with Crippen molar-refractivity contribution in [3.05, 3.63) is 35.5 Å². The van der Waals surface area contributed by atoms with Crippen LogP contribution in [0, 0.1) is 18.7 Å². The van der Waals surface area contributed by atoms with Gasteiger partial charge in [0.05, 0.1) is 5.92 Å². The first kappa shape index (κ1) is 18.5. The van der Waals surface area contributed by atoms with Crippen LogP contribution >= 0.6 is 0 Å². The molecule has 1 aromatic heterocycles. The summed E-state index contributed by atoms with van der Waals surface area (Å²) in [6.07, 6.45) is 3.69. The van der Waals surface area contributed by atoms with E-state index in [0.717, 1.165) is 25.7 Å². The molecular weight excluding hydrogens is 335 g/mol. The number of amides is 1. The van der Waals surface area contributed by atoms with Crippen LogP contribution in [0.15, 0.2) is 22.7 Å². The van der Waals surface area contributed by atoms with Crippen LogP contribution in [0.5, 0.6) is 0 Å². The highest BCUT2D eigenvalue weighted by Crippen LogP contribution is 2.32. The van der Waals surface area contributed by atoms with Crippen molar-refractivity contribution in [1.82, 2.24) is 15.5 Å². The third-order valence-electron chi connectivity index (χ3n) is 5.16. The van der Waals surface area contributed by atoms with Gasteiger partial charge in [0.25, 0.3) is 0 Å². The maximum atomic E-state index is 13.4. The fourth-order valence-corrected chi connectivity index (χ4v) is 3.48. The van der Waals surface area contributed by atoms with Gasteiger partial charge in [-0.3, -0.25) is 4.79 Å². The second-order valence-electron chi connectivity index (χ2n) is 7.45. The minimum atomic E-state index is -0.492. The van der Waals surface area contributed by atoms with Gasteiger partial charge in [0.1, 0.15) is 11.9 Å². The first-order valence-electron chi connectivity index (χ1n) is 8.97. The predicted molar refractivity (Wildman–Crippen MR) is 95.5 cm³/mol. The van der Waals surface area contributed by atoms with Crippen molar-refractivity contribution in [3.8, 4) is 11.4 Å². The van der Waals surface area contributed by atoms with Crippen LogP contribution in [0.2, 0.25) is 0 Å². The molecule has 6 nitrogen and oxygen atoms in total. The number of aromatic nitrogens is 2. The van der Waals surface area contributed by atoms with Crippen LogP contribution in [0.25, 0.3) is 11.4 Å². The Morgan fingerprint density at radius 2 is 2.23 bits per heavy atom. The lowest BCUT2D eigenvalue weighted by molar-refractivity contribution is -0.129. The smallest absolute Gasteiger partial charge is 0.249 e. The molecule has 0 bridgehead atoms. The Hall–Kier alpha value is -2.28. The Morgan fingerprint density at radius 3 is 2.92 bits per heavy atom. The maximum Gasteiger partial charge on any atom is 0.249 e. The molecule has 0 radical (unpaired) electrons. The average molecular weight is 360 g/mol. The Kier molecular flexibility index (Phi) is 5.09. The van der Waals surface area contributed by atoms with E-state index in [1.807, 2.05) is 6.92 Å². The Labute approximate surface area is 152 Å². The molecule has 0 spiro atoms. The van der Waals surface area contributed by atoms with E-state index in [0.29, 0.717) is 22.8 Å². The van der Waals surface area contributed by atoms with E-state index in [9.17, 15) is 9.18 Å². The standard InChI is InChI=1S/C19H25FN4O2/c1-11-10-13(7-8-15(11)20)16-23-18(26-24-16)12(2)22-17(25)14-6-4-5-9-19(14,3)21/h7-8,10,12,14H,4-6,9,21H2,1-3H3,(H,22,25). The molecule has 140 valence electrons. The number of hydrogen-bond acceptors (Lipinski definition) is 5. The molecule has 0 aliphatic heterocycles. The van der Waals surface area contributed by atoms with Crippen molar-refractivity contribution in [2.24, 2.45) is 11.7 Å². The van der Waals surface area contributed by atoms with Gasteiger partial charge in [0.15, 0.2) is 0 Å². The highest BCUT2D eigenvalue weighted by molar-refractivity contribution is 5.80. The van der Waals surface area contributed by atoms with Crippen LogP contribution < -0.4 is 11.1 Å². The molecule has 3 unspecified atom stereocenters. The number of carbonyl (C=O) groups is 1. The zero-order valence-corrected chi connectivity index (χ0v) is 15.4. The first-order valence-corrected chi connectivity index (χ1v) is 8.97. The van der Waals surface area contributed by atoms with Crippen LogP contribution in [0.4, 0.5) is 4.39 Å². The summed E-state index contributed by atoms with van der Waals surface area (Å²) in [6, 6.07) is 4.21. The van der Waals surface area contributed by atoms with E-state index in [1.165, 1.54) is 6.07 Å². The van der Waals surface area contributed by atoms with Gasteiger partial charge < -0.3 is 15.6 Å². The summed E-state index contributed by atoms with van der Waals surface area (Å²) in [4.78, 5) is 17.0. The molecular formula is C19H25FN4O2. The highest BCUT2D eigenvalue weighted by atomic mass is 19.1. The van der Waals surface area contributed by atoms with Crippen molar-refractivity contribution in [2.75, 3.05) is 0 Å². The fourth-order valence-electron chi connectivity index (χ4n) is 3.48. The molecule has 26 heavy (non-hydrogen) atoms. The topological polar surface area (TPSA) is 94.0 Å². The number of rotatable bonds is 4. The molecule has 3 atom stereocenters. The summed E-state index contributed by atoms with van der Waals surface area (Å²) in [6.45, 7) is 5.40. The third kappa shape index (κ3) is 3.77. The predicted octanol–water partition coefficient (Wildman–Crippen LogP) is 3.27. The molecule has 7 heteroatoms. The minimum Gasteiger partial charge on any atom is -0.344 e. The number of nitrogens with zero attached hydrogens (tertiary/aromatic N) is 2. The average Bonchev–Trinajstić information content (AvgIpc) is 3.07. The van der Waals surface area contributed by atoms with E-state index in [1.54, 1.807) is 26.0 Å². The van der Waals surface area contributed by atoms with Gasteiger partial charge in [-0.05, 0) is 57.4 Å². The van der Waals surface area contributed by atoms with Crippen molar-refractivity contribution in [2.45, 2.75) is 58.0 Å². The summed E-state index contributed by atoms with van der Waals surface area (Å²) in [7, 11) is 0. The molecule has 1 fully saturated rings. The first-order chi connectivity index (χ1) is 12.3. The molecule has 1 aromatic carbocycles. The summed E-state index contributed by atoms with van der Waals surface area (Å²) in [5, 5.41) is 6.87. The largest absolute Gasteiger partial charge is 0.344 e. The SMILES string of the molecule is Cc1cc(-c2noc(C(C)NC(=O)C3CCCCC3(C)N)n2)ccc1F. The molecule has 1 aliphatic carbocycles. The van der Waals surface area contributed by atoms with Crippen molar-refractivity contribution < 1.29 is 13.7 Å². The van der Waals surface area contributed by atoms with E-state index in [-0.39, 0.29) is 17.6 Å². The van der Waals surface area contributed by atoms with Crippen molar-refractivity contribution in [3.63, 3.8) is 0 Å². The number of halogens is 1.